The number of nitrogens with one attached hydrogen (secondary N) is 4. The van der Waals surface area contributed by atoms with Crippen molar-refractivity contribution in [3.05, 3.63) is 128 Å². The number of phosphoric ester groups is 5. The van der Waals surface area contributed by atoms with Gasteiger partial charge in [0.05, 0.1) is 64.7 Å². The minimum absolute atomic E-state index is 0.0186. The van der Waals surface area contributed by atoms with E-state index >= 15 is 0 Å². The fourth-order valence-electron chi connectivity index (χ4n) is 14.1. The molecule has 121 heavy (non-hydrogen) atoms. The second kappa shape index (κ2) is 34.1. The number of aromatic nitrogens is 18. The Bertz CT molecular complexity index is 6140. The molecule has 63 heteroatoms. The molecule has 0 radical (unpaired) electrons. The van der Waals surface area contributed by atoms with Gasteiger partial charge in [-0.2, -0.15) is 24.9 Å². The molecule has 0 spiro atoms. The minimum atomic E-state index is -5.67. The molecular formula is C58H74N23O35P5. The van der Waals surface area contributed by atoms with Gasteiger partial charge in [0.1, 0.15) is 116 Å². The van der Waals surface area contributed by atoms with Crippen molar-refractivity contribution >= 4 is 102 Å². The summed E-state index contributed by atoms with van der Waals surface area (Å²) in [6.45, 7) is -4.71. The Hall–Kier alpha value is -9.28. The van der Waals surface area contributed by atoms with Gasteiger partial charge < -0.3 is 91.8 Å². The highest BCUT2D eigenvalue weighted by Crippen LogP contribution is 2.56. The summed E-state index contributed by atoms with van der Waals surface area (Å²) in [4.78, 5) is 188. The highest BCUT2D eigenvalue weighted by molar-refractivity contribution is 7.48. The number of nitrogens with zero attached hydrogens (tertiary/aromatic N) is 14. The van der Waals surface area contributed by atoms with E-state index in [1.54, 1.807) is 0 Å². The van der Waals surface area contributed by atoms with Crippen LogP contribution in [0.5, 0.6) is 0 Å². The number of aryl methyl sites for hydroxylation is 1. The second-order valence-electron chi connectivity index (χ2n) is 27.9. The van der Waals surface area contributed by atoms with Crippen LogP contribution in [0.2, 0.25) is 0 Å². The molecule has 6 aliphatic rings. The van der Waals surface area contributed by atoms with Gasteiger partial charge in [0.25, 0.3) is 22.2 Å². The number of H-pyrrole nitrogens is 4. The largest absolute Gasteiger partial charge is 0.472 e. The van der Waals surface area contributed by atoms with Gasteiger partial charge in [0.15, 0.2) is 33.5 Å². The van der Waals surface area contributed by atoms with Gasteiger partial charge in [-0.3, -0.25) is 112 Å². The number of rotatable bonds is 32. The van der Waals surface area contributed by atoms with Crippen molar-refractivity contribution in [1.82, 2.24) is 87.2 Å². The molecule has 0 amide bonds. The molecule has 0 saturated carbocycles. The highest BCUT2D eigenvalue weighted by Gasteiger charge is 2.52. The number of anilines is 5. The number of nitrogen functional groups attached to an aromatic ring is 5. The first-order chi connectivity index (χ1) is 57.2. The van der Waals surface area contributed by atoms with E-state index in [0.29, 0.717) is 0 Å². The van der Waals surface area contributed by atoms with Crippen molar-refractivity contribution < 1.29 is 131 Å². The zero-order valence-electron chi connectivity index (χ0n) is 61.9. The molecule has 23 atom stereocenters. The van der Waals surface area contributed by atoms with Crippen LogP contribution in [0.4, 0.5) is 29.5 Å². The van der Waals surface area contributed by atoms with Gasteiger partial charge >= 0.3 is 56.2 Å². The van der Waals surface area contributed by atoms with Crippen LogP contribution in [-0.2, 0) is 96.5 Å². The smallest absolute Gasteiger partial charge is 0.394 e. The molecule has 0 aliphatic carbocycles. The van der Waals surface area contributed by atoms with Crippen LogP contribution in [0, 0.1) is 6.92 Å². The third-order valence-corrected chi connectivity index (χ3v) is 24.8. The number of ether oxygens (including phenoxy) is 6. The third kappa shape index (κ3) is 19.3. The Labute approximate surface area is 670 Å². The summed E-state index contributed by atoms with van der Waals surface area (Å²) in [5, 5.41) is 21.1. The number of nitrogens with two attached hydrogens (primary N) is 5. The van der Waals surface area contributed by atoms with Crippen LogP contribution in [0.25, 0.3) is 33.5 Å². The van der Waals surface area contributed by atoms with Gasteiger partial charge in [0.2, 0.25) is 17.8 Å². The topological polar surface area (TPSA) is 820 Å². The number of imidazole rings is 3. The lowest BCUT2D eigenvalue weighted by atomic mass is 10.2. The Kier molecular flexibility index (Phi) is 24.4. The molecule has 15 heterocycles. The van der Waals surface area contributed by atoms with Crippen LogP contribution < -0.4 is 68.0 Å². The molecule has 6 saturated heterocycles. The quantitative estimate of drug-likeness (QED) is 0.0180. The highest BCUT2D eigenvalue weighted by atomic mass is 31.2. The standard InChI is InChI=1S/C58H74N23O35P5/c1-22-12-78(58(90)75-49(22)84)39-9-26(32(109-39)16-102-118(93,94)112-24-7-40(106-29(24)13-82)79-19-64-43-46(79)69-53(61)72-50(43)85)114-120(97,98)105-18-34-28(11-42(111-34)81-21-66-45-48(81)71-55(63)74-52(45)87)116-121(99,100)103-15-31-25(8-38(108-31)77-5-3-36(60)68-57(77)89)113-119(95,96)104-17-33-27(10-41(110-33)80-20-65-44-47(80)70-54(62)73-51(44)86)115-117(91,92)101-14-30-23(83)6-37(107-30)76-4-2-35(59)67-56(76)88/h2-5,12,19-21,23-34,37-42,82-83H,6-11,13-18H2,1H3,(H,91,92)(H,93,94)(H,95,96)(H,97,98)(H,99,100)(H2,59,67,88)(H2,60,68,89)(H,75,84,90)(H3,61,69,72,85)(H3,62,70,73,86)(H3,63,71,74,87)/t23-,24-,25-,26-,27-,28-,29+,30+,31+,32+,33+,34+,37+,38+,39+,40+,41+,42+/m0/s1. The lowest BCUT2D eigenvalue weighted by Crippen LogP contribution is -2.33. The SMILES string of the molecule is Cc1cn([C@H]2C[C@H](OP(=O)(O)OC[C@H]3O[C@@H](n4cnc5c(=O)[nH]c(N)nc54)C[C@@H]3OP(=O)(O)OC[C@H]3O[C@@H](n4ccc(N)nc4=O)C[C@@H]3OP(=O)(O)OC[C@H]3O[C@@H](n4cnc5c(=O)[nH]c(N)nc54)C[C@@H]3OP(=O)(O)OC[C@H]3O[C@@H](n4ccc(N)nc4=O)C[C@@H]3O)[C@@H](COP(=O)(O)O[C@H]3C[C@H](n4cnc5c(=O)[nH]c(N)nc54)O[C@@H]3CO)O2)c(=O)[nH]c1=O. The number of hydrogen-bond donors (Lipinski definition) is 16. The molecule has 6 aliphatic heterocycles. The molecule has 9 aromatic heterocycles. The van der Waals surface area contributed by atoms with E-state index in [4.69, 9.17) is 102 Å². The van der Waals surface area contributed by atoms with Gasteiger partial charge in [-0.05, 0) is 19.1 Å². The first kappa shape index (κ1) is 86.7. The molecule has 6 fully saturated rings. The van der Waals surface area contributed by atoms with E-state index in [0.717, 1.165) is 43.3 Å². The summed E-state index contributed by atoms with van der Waals surface area (Å²) in [5.41, 5.74) is 21.7. The van der Waals surface area contributed by atoms with E-state index in [1.165, 1.54) is 40.7 Å². The molecule has 58 nitrogen and oxygen atoms in total. The van der Waals surface area contributed by atoms with E-state index in [9.17, 15) is 91.1 Å². The van der Waals surface area contributed by atoms with E-state index in [1.807, 2.05) is 0 Å². The number of aromatic amines is 4. The molecule has 15 rings (SSSR count). The predicted octanol–water partition coefficient (Wildman–Crippen LogP) is -3.74. The summed E-state index contributed by atoms with van der Waals surface area (Å²) >= 11 is 0. The summed E-state index contributed by atoms with van der Waals surface area (Å²) in [7, 11) is -27.6. The number of phosphoric acid groups is 5. The van der Waals surface area contributed by atoms with Crippen LogP contribution in [-0.4, -0.2) is 235 Å². The van der Waals surface area contributed by atoms with Crippen LogP contribution in [0.1, 0.15) is 81.5 Å². The maximum atomic E-state index is 14.5. The first-order valence-corrected chi connectivity index (χ1v) is 43.4. The summed E-state index contributed by atoms with van der Waals surface area (Å²) in [6.07, 6.45) is -23.5. The van der Waals surface area contributed by atoms with Crippen molar-refractivity contribution in [2.75, 3.05) is 68.3 Å². The van der Waals surface area contributed by atoms with Crippen LogP contribution in [0.3, 0.4) is 0 Å². The maximum absolute atomic E-state index is 14.5. The zero-order valence-corrected chi connectivity index (χ0v) is 66.4. The average molecular weight is 1810 g/mol. The lowest BCUT2D eigenvalue weighted by Gasteiger charge is -2.26. The molecule has 656 valence electrons. The molecule has 5 unspecified atom stereocenters. The van der Waals surface area contributed by atoms with Gasteiger partial charge in [-0.25, -0.2) is 52.2 Å². The van der Waals surface area contributed by atoms with E-state index < -0.39 is 260 Å². The van der Waals surface area contributed by atoms with Gasteiger partial charge in [0, 0.05) is 62.7 Å². The lowest BCUT2D eigenvalue weighted by molar-refractivity contribution is -0.0648. The Morgan fingerprint density at radius 2 is 0.694 bits per heavy atom. The molecular weight excluding hydrogens is 1730 g/mol. The van der Waals surface area contributed by atoms with Crippen molar-refractivity contribution in [3.8, 4) is 0 Å². The van der Waals surface area contributed by atoms with Crippen LogP contribution in [0.15, 0.2) is 83.3 Å². The fourth-order valence-corrected chi connectivity index (χ4v) is 18.9. The number of fused-ring (bicyclic) bond motifs is 3. The summed E-state index contributed by atoms with van der Waals surface area (Å²) < 4.78 is 168. The van der Waals surface area contributed by atoms with Crippen molar-refractivity contribution in [2.45, 2.75) is 156 Å². The van der Waals surface area contributed by atoms with E-state index in [-0.39, 0.29) is 75.4 Å². The van der Waals surface area contributed by atoms with Crippen molar-refractivity contribution in [3.63, 3.8) is 0 Å². The number of aliphatic hydroxyl groups excluding tert-OH is 2. The maximum Gasteiger partial charge on any atom is 0.472 e. The van der Waals surface area contributed by atoms with Crippen molar-refractivity contribution in [1.29, 1.82) is 0 Å². The van der Waals surface area contributed by atoms with Gasteiger partial charge in [-0.15, -0.1) is 0 Å². The number of aliphatic hydroxyl groups is 2. The Morgan fingerprint density at radius 1 is 0.405 bits per heavy atom. The normalized spacial score (nSPS) is 29.5. The minimum Gasteiger partial charge on any atom is -0.394 e. The fraction of sp³-hybridized carbons (Fsp3) is 0.534. The average Bonchev–Trinajstić information content (AvgIpc) is 1.64. The van der Waals surface area contributed by atoms with E-state index in [2.05, 4.69) is 59.8 Å². The summed E-state index contributed by atoms with van der Waals surface area (Å²) in [6, 6.07) is 2.47. The van der Waals surface area contributed by atoms with Gasteiger partial charge in [-0.1, -0.05) is 0 Å². The molecule has 21 N–H and O–H groups in total. The Balaban J connectivity index is 0.636. The molecule has 0 aromatic carbocycles. The van der Waals surface area contributed by atoms with Crippen molar-refractivity contribution in [2.24, 2.45) is 0 Å². The molecule has 0 bridgehead atoms. The Morgan fingerprint density at radius 3 is 1.02 bits per heavy atom. The van der Waals surface area contributed by atoms with Crippen LogP contribution >= 0.6 is 39.1 Å². The third-order valence-electron chi connectivity index (χ3n) is 19.7. The second-order valence-corrected chi connectivity index (χ2v) is 34.9. The predicted molar refractivity (Wildman–Crippen MR) is 397 cm³/mol. The monoisotopic (exact) mass is 1810 g/mol. The summed E-state index contributed by atoms with van der Waals surface area (Å²) in [5.74, 6) is -1.41. The molecule has 9 aromatic rings. The first-order valence-electron chi connectivity index (χ1n) is 35.9. The number of hydrogen-bond acceptors (Lipinski definition) is 43. The zero-order chi connectivity index (χ0) is 86.3.